The van der Waals surface area contributed by atoms with E-state index in [9.17, 15) is 0 Å². The summed E-state index contributed by atoms with van der Waals surface area (Å²) in [5, 5.41) is 0. The van der Waals surface area contributed by atoms with Crippen LogP contribution in [0.1, 0.15) is 118 Å². The lowest BCUT2D eigenvalue weighted by Crippen LogP contribution is -2.24. The molecule has 0 amide bonds. The molecule has 2 N–H and O–H groups in total. The first-order valence-electron chi connectivity index (χ1n) is 13.5. The van der Waals surface area contributed by atoms with Gasteiger partial charge in [0.25, 0.3) is 0 Å². The molecule has 1 nitrogen and oxygen atoms in total. The fraction of sp³-hybridized carbons (Fsp3) is 0.636. The van der Waals surface area contributed by atoms with Gasteiger partial charge in [0.2, 0.25) is 0 Å². The van der Waals surface area contributed by atoms with Gasteiger partial charge in [0.1, 0.15) is 0 Å². The largest absolute Gasteiger partial charge is 0.412 e. The van der Waals surface area contributed by atoms with Gasteiger partial charge in [-0.25, -0.2) is 0 Å². The Labute approximate surface area is 215 Å². The van der Waals surface area contributed by atoms with Crippen LogP contribution in [0, 0.1) is 24.2 Å². The Bertz CT molecular complexity index is 634. The van der Waals surface area contributed by atoms with E-state index in [2.05, 4.69) is 92.8 Å². The van der Waals surface area contributed by atoms with E-state index in [-0.39, 0.29) is 5.48 Å². The Balaban J connectivity index is -0.000000419. The third-order valence-electron chi connectivity index (χ3n) is 6.59. The minimum absolute atomic E-state index is 0. The van der Waals surface area contributed by atoms with E-state index in [4.69, 9.17) is 0 Å². The van der Waals surface area contributed by atoms with Gasteiger partial charge in [-0.05, 0) is 75.2 Å². The maximum absolute atomic E-state index is 4.01. The number of aryl methyl sites for hydroxylation is 2. The van der Waals surface area contributed by atoms with Crippen LogP contribution in [0.2, 0.25) is 0 Å². The Hall–Kier alpha value is -1.60. The summed E-state index contributed by atoms with van der Waals surface area (Å²) in [7, 11) is 0. The summed E-state index contributed by atoms with van der Waals surface area (Å²) in [5.74, 6) is 1.98. The standard InChI is InChI=1S/C13H18.C11H22.C7H12.C2H6.H2O/c1-4-11(2)5-8-13-9-6-12(3)7-10-13;1-9-5-7-10(8-6-9)11(2,3)4;1-4-6-7(3)5-2;1-2;/h6-7,9-10H,2,4-5,8H2,1,3H3;9-10H,5-8H2,1-4H3;4,6H,1,5H2,2-3H3;1-2H3;1H2/b;;7-6+;;. The highest BCUT2D eigenvalue weighted by Gasteiger charge is 2.27. The van der Waals surface area contributed by atoms with E-state index in [1.54, 1.807) is 0 Å². The van der Waals surface area contributed by atoms with Crippen molar-refractivity contribution in [3.63, 3.8) is 0 Å². The molecule has 0 aromatic heterocycles. The van der Waals surface area contributed by atoms with Crippen molar-refractivity contribution in [1.29, 1.82) is 0 Å². The Morgan fingerprint density at radius 3 is 1.82 bits per heavy atom. The van der Waals surface area contributed by atoms with E-state index in [0.717, 1.165) is 37.5 Å². The van der Waals surface area contributed by atoms with Crippen LogP contribution >= 0.6 is 0 Å². The molecule has 0 heterocycles. The lowest BCUT2D eigenvalue weighted by Gasteiger charge is -2.35. The van der Waals surface area contributed by atoms with Gasteiger partial charge >= 0.3 is 0 Å². The SMILES string of the molecule is C=C(CC)CCc1ccc(C)cc1.C=C/C=C(\C)CC.CC.CC1CCC(C(C)(C)C)CC1.O. The molecule has 198 valence electrons. The molecule has 2 rings (SSSR count). The first-order valence-corrected chi connectivity index (χ1v) is 13.5. The average Bonchev–Trinajstić information content (AvgIpc) is 2.80. The molecule has 0 aliphatic heterocycles. The zero-order chi connectivity index (χ0) is 25.9. The summed E-state index contributed by atoms with van der Waals surface area (Å²) >= 11 is 0. The fourth-order valence-corrected chi connectivity index (χ4v) is 3.70. The van der Waals surface area contributed by atoms with Crippen molar-refractivity contribution in [2.75, 3.05) is 0 Å². The third kappa shape index (κ3) is 19.8. The topological polar surface area (TPSA) is 31.5 Å². The normalized spacial score (nSPS) is 17.3. The third-order valence-corrected chi connectivity index (χ3v) is 6.59. The molecule has 0 unspecified atom stereocenters. The summed E-state index contributed by atoms with van der Waals surface area (Å²) in [6, 6.07) is 8.75. The van der Waals surface area contributed by atoms with Crippen LogP contribution in [-0.4, -0.2) is 5.48 Å². The zero-order valence-electron chi connectivity index (χ0n) is 24.7. The molecule has 0 bridgehead atoms. The summed E-state index contributed by atoms with van der Waals surface area (Å²) in [6.07, 6.45) is 14.2. The molecule has 0 spiro atoms. The van der Waals surface area contributed by atoms with Crippen LogP contribution in [-0.2, 0) is 6.42 Å². The first kappa shape index (κ1) is 37.0. The van der Waals surface area contributed by atoms with Crippen LogP contribution in [0.25, 0.3) is 0 Å². The van der Waals surface area contributed by atoms with Gasteiger partial charge in [-0.2, -0.15) is 0 Å². The van der Waals surface area contributed by atoms with E-state index >= 15 is 0 Å². The maximum atomic E-state index is 4.01. The highest BCUT2D eigenvalue weighted by Crippen LogP contribution is 2.39. The van der Waals surface area contributed by atoms with Gasteiger partial charge < -0.3 is 5.48 Å². The van der Waals surface area contributed by atoms with Gasteiger partial charge in [-0.3, -0.25) is 0 Å². The van der Waals surface area contributed by atoms with Crippen molar-refractivity contribution < 1.29 is 5.48 Å². The van der Waals surface area contributed by atoms with Crippen molar-refractivity contribution >= 4 is 0 Å². The number of rotatable bonds is 6. The molecule has 1 heteroatoms. The van der Waals surface area contributed by atoms with Gasteiger partial charge in [-0.1, -0.05) is 135 Å². The highest BCUT2D eigenvalue weighted by molar-refractivity contribution is 5.22. The summed E-state index contributed by atoms with van der Waals surface area (Å²) in [5.41, 5.74) is 6.04. The zero-order valence-corrected chi connectivity index (χ0v) is 24.7. The van der Waals surface area contributed by atoms with Crippen LogP contribution in [0.5, 0.6) is 0 Å². The summed E-state index contributed by atoms with van der Waals surface area (Å²) in [6.45, 7) is 29.6. The molecule has 34 heavy (non-hydrogen) atoms. The lowest BCUT2D eigenvalue weighted by molar-refractivity contribution is 0.155. The molecule has 0 atom stereocenters. The molecule has 1 aromatic carbocycles. The molecular weight excluding hydrogens is 412 g/mol. The van der Waals surface area contributed by atoms with Gasteiger partial charge in [0.15, 0.2) is 0 Å². The van der Waals surface area contributed by atoms with Crippen molar-refractivity contribution in [3.05, 3.63) is 71.8 Å². The van der Waals surface area contributed by atoms with Crippen LogP contribution in [0.4, 0.5) is 0 Å². The predicted octanol–water partition coefficient (Wildman–Crippen LogP) is 10.5. The van der Waals surface area contributed by atoms with Crippen LogP contribution < -0.4 is 0 Å². The first-order chi connectivity index (χ1) is 15.5. The number of benzene rings is 1. The Kier molecular flexibility index (Phi) is 23.8. The lowest BCUT2D eigenvalue weighted by atomic mass is 9.70. The molecular formula is C33H60O. The molecule has 0 radical (unpaired) electrons. The summed E-state index contributed by atoms with van der Waals surface area (Å²) < 4.78 is 0. The van der Waals surface area contributed by atoms with E-state index in [1.807, 2.05) is 26.0 Å². The second-order valence-corrected chi connectivity index (χ2v) is 10.5. The molecule has 1 aliphatic carbocycles. The maximum Gasteiger partial charge on any atom is -0.0242 e. The summed E-state index contributed by atoms with van der Waals surface area (Å²) in [4.78, 5) is 0. The fourth-order valence-electron chi connectivity index (χ4n) is 3.70. The van der Waals surface area contributed by atoms with Crippen LogP contribution in [0.15, 0.2) is 60.7 Å². The number of allylic oxidation sites excluding steroid dienone is 4. The number of hydrogen-bond donors (Lipinski definition) is 0. The van der Waals surface area contributed by atoms with Crippen molar-refractivity contribution in [2.45, 2.75) is 121 Å². The van der Waals surface area contributed by atoms with E-state index in [1.165, 1.54) is 48.0 Å². The molecule has 0 saturated heterocycles. The van der Waals surface area contributed by atoms with Crippen molar-refractivity contribution in [2.24, 2.45) is 17.3 Å². The van der Waals surface area contributed by atoms with E-state index < -0.39 is 0 Å². The molecule has 1 aliphatic rings. The van der Waals surface area contributed by atoms with Gasteiger partial charge in [-0.15, -0.1) is 0 Å². The minimum atomic E-state index is 0. The molecule has 1 aromatic rings. The van der Waals surface area contributed by atoms with Crippen LogP contribution in [0.3, 0.4) is 0 Å². The minimum Gasteiger partial charge on any atom is -0.412 e. The predicted molar refractivity (Wildman–Crippen MR) is 159 cm³/mol. The van der Waals surface area contributed by atoms with Crippen molar-refractivity contribution in [3.8, 4) is 0 Å². The Morgan fingerprint density at radius 1 is 0.971 bits per heavy atom. The quantitative estimate of drug-likeness (QED) is 0.291. The monoisotopic (exact) mass is 472 g/mol. The van der Waals surface area contributed by atoms with Crippen molar-refractivity contribution in [1.82, 2.24) is 0 Å². The van der Waals surface area contributed by atoms with E-state index in [0.29, 0.717) is 5.41 Å². The molecule has 1 saturated carbocycles. The van der Waals surface area contributed by atoms with Gasteiger partial charge in [0, 0.05) is 0 Å². The highest BCUT2D eigenvalue weighted by atomic mass is 16.0. The number of hydrogen-bond acceptors (Lipinski definition) is 0. The smallest absolute Gasteiger partial charge is 0.0242 e. The average molecular weight is 473 g/mol. The second kappa shape index (κ2) is 21.9. The second-order valence-electron chi connectivity index (χ2n) is 10.5. The Morgan fingerprint density at radius 2 is 1.47 bits per heavy atom. The van der Waals surface area contributed by atoms with Gasteiger partial charge in [0.05, 0.1) is 0 Å². The molecule has 1 fully saturated rings.